The first-order valence-electron chi connectivity index (χ1n) is 11.1. The van der Waals surface area contributed by atoms with E-state index < -0.39 is 11.6 Å². The first-order chi connectivity index (χ1) is 16.1. The van der Waals surface area contributed by atoms with E-state index in [1.165, 1.54) is 31.7 Å². The molecule has 2 aromatic carbocycles. The summed E-state index contributed by atoms with van der Waals surface area (Å²) in [5.74, 6) is -0.464. The molecule has 9 heteroatoms. The maximum Gasteiger partial charge on any atom is 0.205 e. The van der Waals surface area contributed by atoms with E-state index in [4.69, 9.17) is 5.73 Å². The van der Waals surface area contributed by atoms with E-state index in [0.29, 0.717) is 30.0 Å². The number of H-pyrrole nitrogens is 1. The molecule has 1 saturated carbocycles. The second-order valence-corrected chi connectivity index (χ2v) is 8.56. The molecule has 4 N–H and O–H groups in total. The van der Waals surface area contributed by atoms with E-state index >= 15 is 0 Å². The molecule has 0 bridgehead atoms. The molecule has 3 heterocycles. The van der Waals surface area contributed by atoms with Crippen molar-refractivity contribution >= 4 is 28.5 Å². The van der Waals surface area contributed by atoms with Gasteiger partial charge in [-0.25, -0.2) is 18.8 Å². The van der Waals surface area contributed by atoms with Crippen molar-refractivity contribution in [1.82, 2.24) is 14.6 Å². The first kappa shape index (κ1) is 19.8. The highest BCUT2D eigenvalue weighted by Gasteiger charge is 2.29. The molecule has 168 valence electrons. The molecule has 1 aliphatic heterocycles. The number of halogens is 2. The number of nitrogens with one attached hydrogen (secondary N) is 2. The second-order valence-electron chi connectivity index (χ2n) is 8.56. The van der Waals surface area contributed by atoms with Gasteiger partial charge in [0.1, 0.15) is 29.5 Å². The number of aromatic nitrogens is 3. The van der Waals surface area contributed by atoms with Crippen LogP contribution in [0.3, 0.4) is 0 Å². The summed E-state index contributed by atoms with van der Waals surface area (Å²) in [6, 6.07) is 12.4. The fourth-order valence-electron chi connectivity index (χ4n) is 4.88. The van der Waals surface area contributed by atoms with Crippen LogP contribution in [0.5, 0.6) is 0 Å². The summed E-state index contributed by atoms with van der Waals surface area (Å²) in [6.07, 6.45) is 6.94. The van der Waals surface area contributed by atoms with Crippen LogP contribution in [0.15, 0.2) is 53.7 Å². The van der Waals surface area contributed by atoms with Gasteiger partial charge in [0.25, 0.3) is 0 Å². The molecule has 1 aliphatic carbocycles. The number of benzene rings is 2. The first-order valence-corrected chi connectivity index (χ1v) is 11.1. The normalized spacial score (nSPS) is 16.3. The van der Waals surface area contributed by atoms with Crippen molar-refractivity contribution in [1.29, 1.82) is 0 Å². The van der Waals surface area contributed by atoms with E-state index in [9.17, 15) is 8.78 Å². The van der Waals surface area contributed by atoms with Gasteiger partial charge in [-0.2, -0.15) is 0 Å². The Balaban J connectivity index is 1.27. The van der Waals surface area contributed by atoms with E-state index in [2.05, 4.69) is 42.2 Å². The zero-order valence-electron chi connectivity index (χ0n) is 17.9. The Morgan fingerprint density at radius 3 is 2.64 bits per heavy atom. The van der Waals surface area contributed by atoms with Crippen LogP contribution in [0.25, 0.3) is 22.2 Å². The van der Waals surface area contributed by atoms with Gasteiger partial charge in [-0.1, -0.05) is 25.0 Å². The van der Waals surface area contributed by atoms with E-state index in [-0.39, 0.29) is 5.52 Å². The SMILES string of the molecule is NC1=NCN(C2CCCC2)n2ccc(-c3ccc(Nc4nc5c(F)cc(F)cc5[nH]4)cc3)c21. The predicted molar refractivity (Wildman–Crippen MR) is 125 cm³/mol. The van der Waals surface area contributed by atoms with Gasteiger partial charge in [0.15, 0.2) is 5.82 Å². The molecular weight excluding hydrogens is 424 g/mol. The molecular formula is C24H23F2N7. The maximum atomic E-state index is 13.9. The highest BCUT2D eigenvalue weighted by atomic mass is 19.1. The van der Waals surface area contributed by atoms with Crippen molar-refractivity contribution in [2.75, 3.05) is 17.0 Å². The smallest absolute Gasteiger partial charge is 0.205 e. The van der Waals surface area contributed by atoms with Crippen molar-refractivity contribution < 1.29 is 8.78 Å². The average molecular weight is 447 g/mol. The van der Waals surface area contributed by atoms with Crippen molar-refractivity contribution in [3.8, 4) is 11.1 Å². The zero-order chi connectivity index (χ0) is 22.5. The molecule has 0 radical (unpaired) electrons. The van der Waals surface area contributed by atoms with Crippen LogP contribution in [0, 0.1) is 11.6 Å². The number of aromatic amines is 1. The molecule has 4 aromatic rings. The summed E-state index contributed by atoms with van der Waals surface area (Å²) in [6.45, 7) is 0.586. The van der Waals surface area contributed by atoms with Crippen molar-refractivity contribution in [2.24, 2.45) is 10.7 Å². The molecule has 0 atom stereocenters. The van der Waals surface area contributed by atoms with Gasteiger partial charge in [0.2, 0.25) is 5.95 Å². The number of rotatable bonds is 4. The number of fused-ring (bicyclic) bond motifs is 2. The topological polar surface area (TPSA) is 87.3 Å². The quantitative estimate of drug-likeness (QED) is 0.426. The van der Waals surface area contributed by atoms with Gasteiger partial charge in [-0.3, -0.25) is 9.69 Å². The van der Waals surface area contributed by atoms with Crippen LogP contribution in [-0.2, 0) is 0 Å². The summed E-state index contributed by atoms with van der Waals surface area (Å²) < 4.78 is 29.5. The number of amidine groups is 1. The highest BCUT2D eigenvalue weighted by Crippen LogP contribution is 2.31. The minimum Gasteiger partial charge on any atom is -0.382 e. The zero-order valence-corrected chi connectivity index (χ0v) is 17.9. The van der Waals surface area contributed by atoms with Gasteiger partial charge in [0, 0.05) is 29.6 Å². The van der Waals surface area contributed by atoms with Crippen LogP contribution in [0.1, 0.15) is 31.4 Å². The summed E-state index contributed by atoms with van der Waals surface area (Å²) in [7, 11) is 0. The Labute approximate surface area is 188 Å². The van der Waals surface area contributed by atoms with Crippen molar-refractivity contribution in [3.05, 3.63) is 66.0 Å². The third-order valence-electron chi connectivity index (χ3n) is 6.48. The maximum absolute atomic E-state index is 13.9. The Hall–Kier alpha value is -3.88. The second kappa shape index (κ2) is 7.61. The van der Waals surface area contributed by atoms with Gasteiger partial charge in [0.05, 0.1) is 5.52 Å². The fourth-order valence-corrected chi connectivity index (χ4v) is 4.88. The molecule has 0 spiro atoms. The molecule has 7 nitrogen and oxygen atoms in total. The van der Waals surface area contributed by atoms with Gasteiger partial charge in [-0.05, 0) is 42.7 Å². The van der Waals surface area contributed by atoms with E-state index in [1.54, 1.807) is 0 Å². The number of nitrogens with two attached hydrogens (primary N) is 1. The fraction of sp³-hybridized carbons (Fsp3) is 0.250. The Kier molecular flexibility index (Phi) is 4.56. The lowest BCUT2D eigenvalue weighted by Crippen LogP contribution is -2.47. The van der Waals surface area contributed by atoms with E-state index in [1.807, 2.05) is 24.3 Å². The van der Waals surface area contributed by atoms with Gasteiger partial charge < -0.3 is 16.0 Å². The third-order valence-corrected chi connectivity index (χ3v) is 6.48. The minimum absolute atomic E-state index is 0.0949. The highest BCUT2D eigenvalue weighted by molar-refractivity contribution is 6.03. The molecule has 0 amide bonds. The van der Waals surface area contributed by atoms with Crippen LogP contribution in [-0.4, -0.2) is 33.2 Å². The summed E-state index contributed by atoms with van der Waals surface area (Å²) in [5, 5.41) is 5.42. The Morgan fingerprint density at radius 2 is 1.85 bits per heavy atom. The molecule has 0 unspecified atom stereocenters. The molecule has 2 aromatic heterocycles. The largest absolute Gasteiger partial charge is 0.382 e. The number of aliphatic imine (C=N–C) groups is 1. The number of hydrogen-bond donors (Lipinski definition) is 3. The number of imidazole rings is 1. The standard InChI is InChI=1S/C24H23F2N7/c25-15-11-19(26)21-20(12-15)30-24(31-21)29-16-7-5-14(6-8-16)18-9-10-32-22(18)23(27)28-13-33(32)17-3-1-2-4-17/h5-12,17H,1-4,13H2,(H2,27,28)(H2,29,30,31). The lowest BCUT2D eigenvalue weighted by molar-refractivity contribution is 0.474. The number of hydrogen-bond acceptors (Lipinski definition) is 5. The third kappa shape index (κ3) is 3.40. The van der Waals surface area contributed by atoms with Gasteiger partial charge in [-0.15, -0.1) is 0 Å². The summed E-state index contributed by atoms with van der Waals surface area (Å²) >= 11 is 0. The lowest BCUT2D eigenvalue weighted by atomic mass is 10.0. The van der Waals surface area contributed by atoms with Crippen molar-refractivity contribution in [3.63, 3.8) is 0 Å². The minimum atomic E-state index is -0.700. The number of nitrogens with zero attached hydrogens (tertiary/aromatic N) is 4. The van der Waals surface area contributed by atoms with E-state index in [0.717, 1.165) is 28.6 Å². The molecule has 6 rings (SSSR count). The van der Waals surface area contributed by atoms with Crippen LogP contribution in [0.2, 0.25) is 0 Å². The predicted octanol–water partition coefficient (Wildman–Crippen LogP) is 4.61. The Morgan fingerprint density at radius 1 is 1.06 bits per heavy atom. The van der Waals surface area contributed by atoms with Crippen LogP contribution >= 0.6 is 0 Å². The molecule has 2 aliphatic rings. The van der Waals surface area contributed by atoms with Crippen LogP contribution in [0.4, 0.5) is 20.4 Å². The Bertz CT molecular complexity index is 1360. The number of anilines is 2. The lowest BCUT2D eigenvalue weighted by Gasteiger charge is -2.35. The summed E-state index contributed by atoms with van der Waals surface area (Å²) in [5.41, 5.74) is 10.4. The molecule has 33 heavy (non-hydrogen) atoms. The molecule has 1 fully saturated rings. The monoisotopic (exact) mass is 447 g/mol. The van der Waals surface area contributed by atoms with Crippen LogP contribution < -0.4 is 16.1 Å². The summed E-state index contributed by atoms with van der Waals surface area (Å²) in [4.78, 5) is 11.7. The van der Waals surface area contributed by atoms with Gasteiger partial charge >= 0.3 is 0 Å². The molecule has 0 saturated heterocycles. The average Bonchev–Trinajstić information content (AvgIpc) is 3.54. The van der Waals surface area contributed by atoms with Crippen molar-refractivity contribution in [2.45, 2.75) is 31.7 Å².